The molecule has 0 saturated heterocycles. The highest BCUT2D eigenvalue weighted by atomic mass is 35.5. The van der Waals surface area contributed by atoms with Crippen LogP contribution in [0.4, 0.5) is 14.9 Å². The third-order valence-electron chi connectivity index (χ3n) is 6.43. The number of aromatic nitrogens is 3. The molecule has 4 rings (SSSR count). The highest BCUT2D eigenvalue weighted by Crippen LogP contribution is 2.32. The maximum absolute atomic E-state index is 13.5. The molecule has 2 heterocycles. The van der Waals surface area contributed by atoms with Gasteiger partial charge in [0, 0.05) is 31.9 Å². The standard InChI is InChI=1S/C30H33ClFN5O6S/c1-18(15-36(5)29(39)43-30(2,3)4)16-37-17-34-24-9-7-19(11-22(24)28(37)38)20-12-25(27(42-6)33-14-20)35-44(40,41)26-10-8-21(32)13-23(26)31/h7-14,17-18,35H,15-16H2,1-6H3/t18-/m0/s1. The Balaban J connectivity index is 1.61. The van der Waals surface area contributed by atoms with Gasteiger partial charge in [-0.15, -0.1) is 0 Å². The van der Waals surface area contributed by atoms with Crippen LogP contribution < -0.4 is 15.0 Å². The van der Waals surface area contributed by atoms with E-state index in [2.05, 4.69) is 14.7 Å². The minimum atomic E-state index is -4.24. The Bertz CT molecular complexity index is 1880. The van der Waals surface area contributed by atoms with E-state index >= 15 is 0 Å². The van der Waals surface area contributed by atoms with Gasteiger partial charge in [0.25, 0.3) is 15.6 Å². The Kier molecular flexibility index (Phi) is 9.50. The summed E-state index contributed by atoms with van der Waals surface area (Å²) < 4.78 is 54.2. The van der Waals surface area contributed by atoms with Gasteiger partial charge < -0.3 is 14.4 Å². The van der Waals surface area contributed by atoms with Crippen LogP contribution in [-0.4, -0.2) is 60.2 Å². The molecule has 0 radical (unpaired) electrons. The number of hydrogen-bond acceptors (Lipinski definition) is 8. The molecule has 0 aliphatic carbocycles. The third-order valence-corrected chi connectivity index (χ3v) is 8.28. The minimum absolute atomic E-state index is 0.00860. The molecule has 2 aromatic carbocycles. The van der Waals surface area contributed by atoms with E-state index in [1.165, 1.54) is 35.2 Å². The second kappa shape index (κ2) is 12.8. The lowest BCUT2D eigenvalue weighted by Crippen LogP contribution is -2.38. The van der Waals surface area contributed by atoms with Crippen LogP contribution in [0.25, 0.3) is 22.0 Å². The van der Waals surface area contributed by atoms with E-state index in [0.29, 0.717) is 35.1 Å². The van der Waals surface area contributed by atoms with Crippen molar-refractivity contribution in [2.24, 2.45) is 5.92 Å². The molecule has 0 aliphatic heterocycles. The van der Waals surface area contributed by atoms with Gasteiger partial charge in [-0.25, -0.2) is 27.6 Å². The molecule has 0 bridgehead atoms. The van der Waals surface area contributed by atoms with Crippen molar-refractivity contribution in [1.82, 2.24) is 19.4 Å². The zero-order chi connectivity index (χ0) is 32.4. The Morgan fingerprint density at radius 1 is 1.14 bits per heavy atom. The Morgan fingerprint density at radius 2 is 1.86 bits per heavy atom. The van der Waals surface area contributed by atoms with Crippen LogP contribution in [-0.2, 0) is 21.3 Å². The summed E-state index contributed by atoms with van der Waals surface area (Å²) in [5.41, 5.74) is 0.641. The van der Waals surface area contributed by atoms with Crippen molar-refractivity contribution in [2.45, 2.75) is 44.7 Å². The van der Waals surface area contributed by atoms with Gasteiger partial charge in [-0.1, -0.05) is 24.6 Å². The Morgan fingerprint density at radius 3 is 2.52 bits per heavy atom. The van der Waals surface area contributed by atoms with E-state index in [-0.39, 0.29) is 33.0 Å². The normalized spacial score (nSPS) is 12.5. The van der Waals surface area contributed by atoms with Crippen molar-refractivity contribution in [2.75, 3.05) is 25.4 Å². The number of ether oxygens (including phenoxy) is 2. The van der Waals surface area contributed by atoms with Gasteiger partial charge in [0.1, 0.15) is 22.0 Å². The van der Waals surface area contributed by atoms with E-state index in [1.807, 2.05) is 6.92 Å². The average molecular weight is 646 g/mol. The molecule has 4 aromatic rings. The first-order valence-electron chi connectivity index (χ1n) is 13.5. The predicted octanol–water partition coefficient (Wildman–Crippen LogP) is 5.56. The molecule has 44 heavy (non-hydrogen) atoms. The number of pyridine rings is 1. The van der Waals surface area contributed by atoms with Crippen molar-refractivity contribution in [1.29, 1.82) is 0 Å². The molecule has 2 aromatic heterocycles. The van der Waals surface area contributed by atoms with Crippen molar-refractivity contribution in [3.63, 3.8) is 0 Å². The number of sulfonamides is 1. The number of anilines is 1. The lowest BCUT2D eigenvalue weighted by Gasteiger charge is -2.26. The van der Waals surface area contributed by atoms with Gasteiger partial charge in [-0.05, 0) is 68.7 Å². The number of halogens is 2. The van der Waals surface area contributed by atoms with Crippen LogP contribution in [0.2, 0.25) is 5.02 Å². The first-order chi connectivity index (χ1) is 20.6. The number of nitrogens with zero attached hydrogens (tertiary/aromatic N) is 4. The van der Waals surface area contributed by atoms with Crippen LogP contribution in [0.1, 0.15) is 27.7 Å². The van der Waals surface area contributed by atoms with Crippen molar-refractivity contribution >= 4 is 44.3 Å². The van der Waals surface area contributed by atoms with E-state index in [0.717, 1.165) is 18.2 Å². The molecular formula is C30H33ClFN5O6S. The number of rotatable bonds is 9. The van der Waals surface area contributed by atoms with Gasteiger partial charge in [0.05, 0.1) is 29.4 Å². The quantitative estimate of drug-likeness (QED) is 0.250. The zero-order valence-electron chi connectivity index (χ0n) is 25.1. The van der Waals surface area contributed by atoms with Crippen molar-refractivity contribution in [3.05, 3.63) is 76.2 Å². The van der Waals surface area contributed by atoms with E-state index in [4.69, 9.17) is 21.1 Å². The lowest BCUT2D eigenvalue weighted by molar-refractivity contribution is 0.0272. The topological polar surface area (TPSA) is 133 Å². The van der Waals surface area contributed by atoms with Crippen LogP contribution in [0.15, 0.2) is 64.7 Å². The molecule has 11 nitrogen and oxygen atoms in total. The highest BCUT2D eigenvalue weighted by molar-refractivity contribution is 7.92. The molecular weight excluding hydrogens is 613 g/mol. The maximum Gasteiger partial charge on any atom is 0.410 e. The van der Waals surface area contributed by atoms with E-state index < -0.39 is 27.5 Å². The Hall–Kier alpha value is -4.23. The lowest BCUT2D eigenvalue weighted by atomic mass is 10.0. The largest absolute Gasteiger partial charge is 0.480 e. The number of hydrogen-bond donors (Lipinski definition) is 1. The number of benzene rings is 2. The summed E-state index contributed by atoms with van der Waals surface area (Å²) in [5, 5.41) is 0.0541. The minimum Gasteiger partial charge on any atom is -0.480 e. The molecule has 14 heteroatoms. The maximum atomic E-state index is 13.5. The second-order valence-electron chi connectivity index (χ2n) is 11.4. The third kappa shape index (κ3) is 7.64. The van der Waals surface area contributed by atoms with Crippen molar-refractivity contribution < 1.29 is 27.1 Å². The molecule has 1 amide bonds. The first kappa shape index (κ1) is 32.7. The summed E-state index contributed by atoms with van der Waals surface area (Å²) in [7, 11) is -1.26. The molecule has 0 aliphatic rings. The molecule has 0 fully saturated rings. The molecule has 0 saturated carbocycles. The van der Waals surface area contributed by atoms with Crippen LogP contribution in [0.3, 0.4) is 0 Å². The number of carbonyl (C=O) groups is 1. The Labute approximate surface area is 259 Å². The second-order valence-corrected chi connectivity index (χ2v) is 13.4. The molecule has 234 valence electrons. The van der Waals surface area contributed by atoms with Gasteiger partial charge in [0.2, 0.25) is 5.88 Å². The summed E-state index contributed by atoms with van der Waals surface area (Å²) >= 11 is 5.99. The number of amides is 1. The van der Waals surface area contributed by atoms with Crippen LogP contribution in [0, 0.1) is 11.7 Å². The highest BCUT2D eigenvalue weighted by Gasteiger charge is 2.23. The average Bonchev–Trinajstić information content (AvgIpc) is 2.93. The first-order valence-corrected chi connectivity index (χ1v) is 15.4. The van der Waals surface area contributed by atoms with E-state index in [1.54, 1.807) is 46.0 Å². The van der Waals surface area contributed by atoms with E-state index in [9.17, 15) is 22.4 Å². The van der Waals surface area contributed by atoms with Gasteiger partial charge >= 0.3 is 6.09 Å². The summed E-state index contributed by atoms with van der Waals surface area (Å²) in [6, 6.07) is 9.52. The van der Waals surface area contributed by atoms with Crippen LogP contribution in [0.5, 0.6) is 5.88 Å². The SMILES string of the molecule is COc1ncc(-c2ccc3ncn(C[C@@H](C)CN(C)C(=O)OC(C)(C)C)c(=O)c3c2)cc1NS(=O)(=O)c1ccc(F)cc1Cl. The summed E-state index contributed by atoms with van der Waals surface area (Å²) in [5.74, 6) is -0.781. The monoisotopic (exact) mass is 645 g/mol. The van der Waals surface area contributed by atoms with Gasteiger partial charge in [0.15, 0.2) is 0 Å². The fourth-order valence-corrected chi connectivity index (χ4v) is 6.06. The van der Waals surface area contributed by atoms with Crippen molar-refractivity contribution in [3.8, 4) is 17.0 Å². The number of fused-ring (bicyclic) bond motifs is 1. The fraction of sp³-hybridized carbons (Fsp3) is 0.333. The molecule has 1 atom stereocenters. The summed E-state index contributed by atoms with van der Waals surface area (Å²) in [4.78, 5) is 35.6. The molecule has 0 unspecified atom stereocenters. The molecule has 0 spiro atoms. The number of methoxy groups -OCH3 is 1. The van der Waals surface area contributed by atoms with Gasteiger partial charge in [-0.2, -0.15) is 0 Å². The van der Waals surface area contributed by atoms with Crippen LogP contribution >= 0.6 is 11.6 Å². The summed E-state index contributed by atoms with van der Waals surface area (Å²) in [6.07, 6.45) is 2.50. The number of nitrogens with one attached hydrogen (secondary N) is 1. The summed E-state index contributed by atoms with van der Waals surface area (Å²) in [6.45, 7) is 7.96. The zero-order valence-corrected chi connectivity index (χ0v) is 26.7. The smallest absolute Gasteiger partial charge is 0.410 e. The number of carbonyl (C=O) groups excluding carboxylic acids is 1. The molecule has 1 N–H and O–H groups in total. The van der Waals surface area contributed by atoms with Gasteiger partial charge in [-0.3, -0.25) is 14.1 Å². The predicted molar refractivity (Wildman–Crippen MR) is 166 cm³/mol. The fourth-order valence-electron chi connectivity index (χ4n) is 4.48.